The molecule has 0 bridgehead atoms. The molecule has 112 valence electrons. The molecule has 1 N–H and O–H groups in total. The number of aromatic carboxylic acids is 1. The van der Waals surface area contributed by atoms with E-state index in [1.807, 2.05) is 51.1 Å². The van der Waals surface area contributed by atoms with Gasteiger partial charge in [0.15, 0.2) is 11.4 Å². The standard InChI is InChI=1S/C16H20N2O3/c1-16(2,3)11-18-14(15(19)20)13(9-17-18)21-10-12-7-5-4-6-8-12/h4-9H,10-11H2,1-3H3,(H,19,20). The van der Waals surface area contributed by atoms with Crippen molar-refractivity contribution in [3.8, 4) is 5.75 Å². The molecule has 0 unspecified atom stereocenters. The molecule has 0 aliphatic rings. The van der Waals surface area contributed by atoms with E-state index in [2.05, 4.69) is 5.10 Å². The van der Waals surface area contributed by atoms with Gasteiger partial charge in [-0.25, -0.2) is 4.79 Å². The Morgan fingerprint density at radius 1 is 1.29 bits per heavy atom. The number of benzene rings is 1. The summed E-state index contributed by atoms with van der Waals surface area (Å²) in [5.74, 6) is -0.726. The number of ether oxygens (including phenoxy) is 1. The second kappa shape index (κ2) is 5.99. The highest BCUT2D eigenvalue weighted by atomic mass is 16.5. The minimum Gasteiger partial charge on any atom is -0.485 e. The maximum atomic E-state index is 11.5. The first-order valence-corrected chi connectivity index (χ1v) is 6.83. The average Bonchev–Trinajstić information content (AvgIpc) is 2.78. The molecule has 1 heterocycles. The Morgan fingerprint density at radius 2 is 1.95 bits per heavy atom. The molecule has 0 radical (unpaired) electrons. The number of hydrogen-bond donors (Lipinski definition) is 1. The van der Waals surface area contributed by atoms with Crippen molar-refractivity contribution in [2.75, 3.05) is 0 Å². The van der Waals surface area contributed by atoms with E-state index in [1.165, 1.54) is 10.9 Å². The lowest BCUT2D eigenvalue weighted by Crippen LogP contribution is -2.20. The quantitative estimate of drug-likeness (QED) is 0.917. The van der Waals surface area contributed by atoms with Gasteiger partial charge >= 0.3 is 5.97 Å². The molecular formula is C16H20N2O3. The molecule has 0 aliphatic carbocycles. The largest absolute Gasteiger partial charge is 0.485 e. The van der Waals surface area contributed by atoms with Crippen LogP contribution in [0.4, 0.5) is 0 Å². The molecule has 0 aliphatic heterocycles. The first-order valence-electron chi connectivity index (χ1n) is 6.83. The molecular weight excluding hydrogens is 268 g/mol. The lowest BCUT2D eigenvalue weighted by molar-refractivity contribution is 0.0674. The maximum Gasteiger partial charge on any atom is 0.358 e. The van der Waals surface area contributed by atoms with Crippen molar-refractivity contribution in [2.45, 2.75) is 33.9 Å². The van der Waals surface area contributed by atoms with E-state index in [9.17, 15) is 9.90 Å². The molecule has 2 aromatic rings. The monoisotopic (exact) mass is 288 g/mol. The van der Waals surface area contributed by atoms with E-state index < -0.39 is 5.97 Å². The molecule has 2 rings (SSSR count). The van der Waals surface area contributed by atoms with Gasteiger partial charge in [-0.1, -0.05) is 51.1 Å². The van der Waals surface area contributed by atoms with Crippen LogP contribution in [0, 0.1) is 5.41 Å². The Labute approximate surface area is 124 Å². The number of nitrogens with zero attached hydrogens (tertiary/aromatic N) is 2. The van der Waals surface area contributed by atoms with Gasteiger partial charge in [-0.3, -0.25) is 4.68 Å². The molecule has 21 heavy (non-hydrogen) atoms. The Morgan fingerprint density at radius 3 is 2.52 bits per heavy atom. The molecule has 0 saturated heterocycles. The van der Waals surface area contributed by atoms with Gasteiger partial charge in [0, 0.05) is 6.54 Å². The fraction of sp³-hybridized carbons (Fsp3) is 0.375. The zero-order valence-electron chi connectivity index (χ0n) is 12.5. The van der Waals surface area contributed by atoms with Crippen LogP contribution in [0.15, 0.2) is 36.5 Å². The zero-order chi connectivity index (χ0) is 15.5. The van der Waals surface area contributed by atoms with Crippen LogP contribution >= 0.6 is 0 Å². The predicted molar refractivity (Wildman–Crippen MR) is 79.4 cm³/mol. The Hall–Kier alpha value is -2.30. The van der Waals surface area contributed by atoms with Gasteiger partial charge in [0.2, 0.25) is 0 Å². The summed E-state index contributed by atoms with van der Waals surface area (Å²) >= 11 is 0. The van der Waals surface area contributed by atoms with Crippen LogP contribution < -0.4 is 4.74 Å². The van der Waals surface area contributed by atoms with Gasteiger partial charge in [-0.05, 0) is 11.0 Å². The third-order valence-electron chi connectivity index (χ3n) is 2.87. The smallest absolute Gasteiger partial charge is 0.358 e. The van der Waals surface area contributed by atoms with Crippen molar-refractivity contribution in [1.29, 1.82) is 0 Å². The van der Waals surface area contributed by atoms with Crippen LogP contribution in [0.3, 0.4) is 0 Å². The van der Waals surface area contributed by atoms with Crippen molar-refractivity contribution >= 4 is 5.97 Å². The van der Waals surface area contributed by atoms with Crippen LogP contribution in [0.2, 0.25) is 0 Å². The van der Waals surface area contributed by atoms with Gasteiger partial charge in [-0.2, -0.15) is 5.10 Å². The minimum atomic E-state index is -1.03. The maximum absolute atomic E-state index is 11.5. The third kappa shape index (κ3) is 4.08. The summed E-state index contributed by atoms with van der Waals surface area (Å²) in [5, 5.41) is 13.5. The predicted octanol–water partition coefficient (Wildman–Crippen LogP) is 3.21. The van der Waals surface area contributed by atoms with Crippen LogP contribution in [0.1, 0.15) is 36.8 Å². The van der Waals surface area contributed by atoms with Gasteiger partial charge < -0.3 is 9.84 Å². The van der Waals surface area contributed by atoms with Crippen molar-refractivity contribution in [3.05, 3.63) is 47.8 Å². The van der Waals surface area contributed by atoms with E-state index in [0.717, 1.165) is 5.56 Å². The summed E-state index contributed by atoms with van der Waals surface area (Å²) in [6.07, 6.45) is 1.47. The van der Waals surface area contributed by atoms with Crippen LogP contribution in [0.25, 0.3) is 0 Å². The number of aromatic nitrogens is 2. The first kappa shape index (κ1) is 15.1. The van der Waals surface area contributed by atoms with Gasteiger partial charge in [0.05, 0.1) is 6.20 Å². The lowest BCUT2D eigenvalue weighted by Gasteiger charge is -2.18. The first-order chi connectivity index (χ1) is 9.87. The molecule has 5 nitrogen and oxygen atoms in total. The molecule has 1 aromatic heterocycles. The molecule has 5 heteroatoms. The molecule has 0 saturated carbocycles. The molecule has 0 fully saturated rings. The Kier molecular flexibility index (Phi) is 4.31. The third-order valence-corrected chi connectivity index (χ3v) is 2.87. The highest BCUT2D eigenvalue weighted by Crippen LogP contribution is 2.23. The number of carbonyl (C=O) groups is 1. The van der Waals surface area contributed by atoms with E-state index in [4.69, 9.17) is 4.74 Å². The van der Waals surface area contributed by atoms with E-state index in [-0.39, 0.29) is 11.1 Å². The van der Waals surface area contributed by atoms with Crippen LogP contribution in [-0.4, -0.2) is 20.9 Å². The van der Waals surface area contributed by atoms with Crippen molar-refractivity contribution in [2.24, 2.45) is 5.41 Å². The van der Waals surface area contributed by atoms with Gasteiger partial charge in [0.1, 0.15) is 6.61 Å². The fourth-order valence-electron chi connectivity index (χ4n) is 1.99. The SMILES string of the molecule is CC(C)(C)Cn1ncc(OCc2ccccc2)c1C(=O)O. The summed E-state index contributed by atoms with van der Waals surface area (Å²) in [7, 11) is 0. The van der Waals surface area contributed by atoms with E-state index in [0.29, 0.717) is 18.9 Å². The van der Waals surface area contributed by atoms with Crippen molar-refractivity contribution in [1.82, 2.24) is 9.78 Å². The average molecular weight is 288 g/mol. The minimum absolute atomic E-state index is 0.0626. The van der Waals surface area contributed by atoms with Gasteiger partial charge in [-0.15, -0.1) is 0 Å². The van der Waals surface area contributed by atoms with E-state index in [1.54, 1.807) is 0 Å². The summed E-state index contributed by atoms with van der Waals surface area (Å²) < 4.78 is 7.10. The molecule has 0 spiro atoms. The summed E-state index contributed by atoms with van der Waals surface area (Å²) in [4.78, 5) is 11.5. The highest BCUT2D eigenvalue weighted by molar-refractivity contribution is 5.88. The van der Waals surface area contributed by atoms with E-state index >= 15 is 0 Å². The lowest BCUT2D eigenvalue weighted by atomic mass is 9.97. The number of carboxylic acids is 1. The second-order valence-corrected chi connectivity index (χ2v) is 6.16. The Balaban J connectivity index is 2.18. The van der Waals surface area contributed by atoms with Crippen molar-refractivity contribution in [3.63, 3.8) is 0 Å². The van der Waals surface area contributed by atoms with Gasteiger partial charge in [0.25, 0.3) is 0 Å². The van der Waals surface area contributed by atoms with Crippen LogP contribution in [-0.2, 0) is 13.2 Å². The number of rotatable bonds is 5. The molecule has 0 atom stereocenters. The topological polar surface area (TPSA) is 64.4 Å². The summed E-state index contributed by atoms with van der Waals surface area (Å²) in [5.41, 5.74) is 1.02. The fourth-order valence-corrected chi connectivity index (χ4v) is 1.99. The normalized spacial score (nSPS) is 11.4. The number of hydrogen-bond acceptors (Lipinski definition) is 3. The molecule has 1 aromatic carbocycles. The second-order valence-electron chi connectivity index (χ2n) is 6.16. The number of carboxylic acid groups (broad SMARTS) is 1. The Bertz CT molecular complexity index is 612. The highest BCUT2D eigenvalue weighted by Gasteiger charge is 2.22. The summed E-state index contributed by atoms with van der Waals surface area (Å²) in [6, 6.07) is 9.62. The zero-order valence-corrected chi connectivity index (χ0v) is 12.5. The summed E-state index contributed by atoms with van der Waals surface area (Å²) in [6.45, 7) is 6.94. The molecule has 0 amide bonds. The van der Waals surface area contributed by atoms with Crippen LogP contribution in [0.5, 0.6) is 5.75 Å². The van der Waals surface area contributed by atoms with Crippen molar-refractivity contribution < 1.29 is 14.6 Å².